The molecule has 14 heavy (non-hydrogen) atoms. The molecule has 1 fully saturated rings. The molecule has 1 aliphatic heterocycles. The largest absolute Gasteiger partial charge is 0.481 e. The van der Waals surface area contributed by atoms with Crippen molar-refractivity contribution in [1.82, 2.24) is 4.90 Å². The van der Waals surface area contributed by atoms with Crippen molar-refractivity contribution in [2.24, 2.45) is 11.7 Å². The normalized spacial score (nSPS) is 28.6. The van der Waals surface area contributed by atoms with Crippen LogP contribution in [0.2, 0.25) is 0 Å². The molecule has 2 unspecified atom stereocenters. The lowest BCUT2D eigenvalue weighted by atomic mass is 9.93. The summed E-state index contributed by atoms with van der Waals surface area (Å²) in [5.74, 6) is -1.54. The van der Waals surface area contributed by atoms with Crippen LogP contribution in [0, 0.1) is 5.92 Å². The Labute approximate surface area is 82.9 Å². The average Bonchev–Trinajstić information content (AvgIpc) is 2.07. The van der Waals surface area contributed by atoms with Crippen LogP contribution in [0.25, 0.3) is 0 Å². The molecule has 80 valence electrons. The number of carboxylic acids is 1. The molecule has 5 nitrogen and oxygen atoms in total. The molecule has 0 aromatic carbocycles. The second-order valence-electron chi connectivity index (χ2n) is 3.86. The van der Waals surface area contributed by atoms with Crippen molar-refractivity contribution in [3.63, 3.8) is 0 Å². The number of nitrogens with two attached hydrogens (primary N) is 1. The van der Waals surface area contributed by atoms with Gasteiger partial charge in [0, 0.05) is 12.6 Å². The number of rotatable bonds is 3. The summed E-state index contributed by atoms with van der Waals surface area (Å²) in [6.07, 6.45) is 1.50. The first-order chi connectivity index (χ1) is 6.50. The predicted octanol–water partition coefficient (Wildman–Crippen LogP) is -0.343. The van der Waals surface area contributed by atoms with Gasteiger partial charge in [0.2, 0.25) is 5.91 Å². The van der Waals surface area contributed by atoms with E-state index in [2.05, 4.69) is 0 Å². The molecule has 0 aromatic rings. The molecule has 0 bridgehead atoms. The highest BCUT2D eigenvalue weighted by atomic mass is 16.4. The average molecular weight is 200 g/mol. The molecule has 1 saturated heterocycles. The third kappa shape index (κ3) is 2.70. The number of primary amides is 1. The second-order valence-corrected chi connectivity index (χ2v) is 3.86. The second kappa shape index (κ2) is 4.41. The number of piperidine rings is 1. The first-order valence-electron chi connectivity index (χ1n) is 4.76. The van der Waals surface area contributed by atoms with E-state index in [1.165, 1.54) is 0 Å². The molecule has 0 radical (unpaired) electrons. The third-order valence-corrected chi connectivity index (χ3v) is 2.72. The van der Waals surface area contributed by atoms with Gasteiger partial charge >= 0.3 is 5.97 Å². The van der Waals surface area contributed by atoms with Crippen molar-refractivity contribution < 1.29 is 14.7 Å². The van der Waals surface area contributed by atoms with Gasteiger partial charge in [0.15, 0.2) is 0 Å². The van der Waals surface area contributed by atoms with E-state index in [1.807, 2.05) is 11.8 Å². The molecule has 2 atom stereocenters. The maximum Gasteiger partial charge on any atom is 0.307 e. The lowest BCUT2D eigenvalue weighted by molar-refractivity contribution is -0.144. The van der Waals surface area contributed by atoms with Crippen LogP contribution in [0.1, 0.15) is 19.8 Å². The quantitative estimate of drug-likeness (QED) is 0.652. The number of amides is 1. The number of carbonyl (C=O) groups is 2. The fourth-order valence-corrected chi connectivity index (χ4v) is 1.80. The minimum absolute atomic E-state index is 0.158. The summed E-state index contributed by atoms with van der Waals surface area (Å²) in [6.45, 7) is 2.57. The molecular weight excluding hydrogens is 184 g/mol. The van der Waals surface area contributed by atoms with Gasteiger partial charge in [0.25, 0.3) is 0 Å². The molecule has 1 aliphatic rings. The molecule has 1 amide bonds. The number of hydrogen-bond donors (Lipinski definition) is 2. The van der Waals surface area contributed by atoms with Crippen LogP contribution in [0.5, 0.6) is 0 Å². The molecule has 1 heterocycles. The Hall–Kier alpha value is -1.10. The van der Waals surface area contributed by atoms with E-state index in [0.29, 0.717) is 13.0 Å². The first kappa shape index (κ1) is 11.0. The smallest absolute Gasteiger partial charge is 0.307 e. The zero-order valence-electron chi connectivity index (χ0n) is 8.27. The van der Waals surface area contributed by atoms with Crippen molar-refractivity contribution in [1.29, 1.82) is 0 Å². The van der Waals surface area contributed by atoms with Crippen LogP contribution in [-0.2, 0) is 9.59 Å². The Morgan fingerprint density at radius 2 is 2.14 bits per heavy atom. The minimum atomic E-state index is -0.786. The Bertz CT molecular complexity index is 242. The van der Waals surface area contributed by atoms with Gasteiger partial charge < -0.3 is 10.8 Å². The first-order valence-corrected chi connectivity index (χ1v) is 4.76. The molecule has 1 rings (SSSR count). The number of nitrogens with zero attached hydrogens (tertiary/aromatic N) is 1. The predicted molar refractivity (Wildman–Crippen MR) is 50.6 cm³/mol. The molecule has 0 saturated carbocycles. The highest BCUT2D eigenvalue weighted by molar-refractivity contribution is 5.76. The van der Waals surface area contributed by atoms with E-state index in [9.17, 15) is 9.59 Å². The van der Waals surface area contributed by atoms with E-state index < -0.39 is 11.9 Å². The summed E-state index contributed by atoms with van der Waals surface area (Å²) in [5, 5.41) is 8.83. The summed E-state index contributed by atoms with van der Waals surface area (Å²) >= 11 is 0. The van der Waals surface area contributed by atoms with E-state index in [1.54, 1.807) is 0 Å². The van der Waals surface area contributed by atoms with Gasteiger partial charge in [-0.1, -0.05) is 0 Å². The van der Waals surface area contributed by atoms with E-state index in [0.717, 1.165) is 6.42 Å². The maximum atomic E-state index is 10.7. The van der Waals surface area contributed by atoms with Gasteiger partial charge in [-0.25, -0.2) is 0 Å². The van der Waals surface area contributed by atoms with Gasteiger partial charge in [0.1, 0.15) is 0 Å². The molecule has 0 spiro atoms. The summed E-state index contributed by atoms with van der Waals surface area (Å²) in [4.78, 5) is 23.3. The van der Waals surface area contributed by atoms with Crippen LogP contribution in [-0.4, -0.2) is 41.0 Å². The van der Waals surface area contributed by atoms with Gasteiger partial charge in [-0.05, 0) is 19.8 Å². The standard InChI is InChI=1S/C9H16N2O3/c1-6-2-3-7(9(13)14)4-11(6)5-8(10)12/h6-7H,2-5H2,1H3,(H2,10,12)(H,13,14). The van der Waals surface area contributed by atoms with Gasteiger partial charge in [0.05, 0.1) is 12.5 Å². The van der Waals surface area contributed by atoms with E-state index in [4.69, 9.17) is 10.8 Å². The van der Waals surface area contributed by atoms with Crippen LogP contribution in [0.4, 0.5) is 0 Å². The number of aliphatic carboxylic acids is 1. The van der Waals surface area contributed by atoms with Crippen molar-refractivity contribution >= 4 is 11.9 Å². The van der Waals surface area contributed by atoms with Crippen LogP contribution >= 0.6 is 0 Å². The molecule has 0 aliphatic carbocycles. The lowest BCUT2D eigenvalue weighted by Gasteiger charge is -2.35. The Kier molecular flexibility index (Phi) is 3.46. The number of likely N-dealkylation sites (tertiary alicyclic amines) is 1. The highest BCUT2D eigenvalue weighted by Crippen LogP contribution is 2.21. The number of carbonyl (C=O) groups excluding carboxylic acids is 1. The maximum absolute atomic E-state index is 10.7. The highest BCUT2D eigenvalue weighted by Gasteiger charge is 2.30. The van der Waals surface area contributed by atoms with Gasteiger partial charge in [-0.15, -0.1) is 0 Å². The van der Waals surface area contributed by atoms with Crippen molar-refractivity contribution in [2.75, 3.05) is 13.1 Å². The Balaban J connectivity index is 2.55. The molecular formula is C9H16N2O3. The van der Waals surface area contributed by atoms with Crippen molar-refractivity contribution in [2.45, 2.75) is 25.8 Å². The monoisotopic (exact) mass is 200 g/mol. The SMILES string of the molecule is CC1CCC(C(=O)O)CN1CC(N)=O. The molecule has 0 aromatic heterocycles. The zero-order valence-corrected chi connectivity index (χ0v) is 8.27. The van der Waals surface area contributed by atoms with Gasteiger partial charge in [-0.2, -0.15) is 0 Å². The van der Waals surface area contributed by atoms with Crippen LogP contribution in [0.15, 0.2) is 0 Å². The summed E-state index contributed by atoms with van der Waals surface area (Å²) in [5.41, 5.74) is 5.08. The lowest BCUT2D eigenvalue weighted by Crippen LogP contribution is -2.47. The molecule has 3 N–H and O–H groups in total. The number of hydrogen-bond acceptors (Lipinski definition) is 3. The minimum Gasteiger partial charge on any atom is -0.481 e. The van der Waals surface area contributed by atoms with E-state index >= 15 is 0 Å². The topological polar surface area (TPSA) is 83.6 Å². The fraction of sp³-hybridized carbons (Fsp3) is 0.778. The molecule has 5 heteroatoms. The Morgan fingerprint density at radius 1 is 1.50 bits per heavy atom. The van der Waals surface area contributed by atoms with Crippen molar-refractivity contribution in [3.8, 4) is 0 Å². The van der Waals surface area contributed by atoms with E-state index in [-0.39, 0.29) is 18.5 Å². The summed E-state index contributed by atoms with van der Waals surface area (Å²) in [6, 6.07) is 0.248. The third-order valence-electron chi connectivity index (χ3n) is 2.72. The van der Waals surface area contributed by atoms with Crippen LogP contribution < -0.4 is 5.73 Å². The Morgan fingerprint density at radius 3 is 2.64 bits per heavy atom. The van der Waals surface area contributed by atoms with Gasteiger partial charge in [-0.3, -0.25) is 14.5 Å². The summed E-state index contributed by atoms with van der Waals surface area (Å²) < 4.78 is 0. The number of carboxylic acid groups (broad SMARTS) is 1. The fourth-order valence-electron chi connectivity index (χ4n) is 1.80. The van der Waals surface area contributed by atoms with Crippen molar-refractivity contribution in [3.05, 3.63) is 0 Å². The zero-order chi connectivity index (χ0) is 10.7. The van der Waals surface area contributed by atoms with Crippen LogP contribution in [0.3, 0.4) is 0 Å². The summed E-state index contributed by atoms with van der Waals surface area (Å²) in [7, 11) is 0.